The van der Waals surface area contributed by atoms with Gasteiger partial charge in [-0.1, -0.05) is 65.8 Å². The summed E-state index contributed by atoms with van der Waals surface area (Å²) in [5, 5.41) is 3.67. The maximum atomic E-state index is 11.6. The molecule has 2 N–H and O–H groups in total. The van der Waals surface area contributed by atoms with Crippen molar-refractivity contribution in [2.75, 3.05) is 5.75 Å². The molecule has 0 saturated heterocycles. The van der Waals surface area contributed by atoms with Crippen molar-refractivity contribution in [3.8, 4) is 0 Å². The molecule has 0 aliphatic rings. The molecule has 2 rings (SSSR count). The Bertz CT molecular complexity index is 615. The average Bonchev–Trinajstić information content (AvgIpc) is 2.58. The number of thioether (sulfide) groups is 1. The summed E-state index contributed by atoms with van der Waals surface area (Å²) >= 11 is 1.68. The van der Waals surface area contributed by atoms with E-state index in [1.807, 2.05) is 48.5 Å². The molecule has 0 unspecified atom stereocenters. The molecule has 2 aromatic carbocycles. The number of hydrogen-bond donors (Lipinski definition) is 1. The van der Waals surface area contributed by atoms with Crippen LogP contribution < -0.4 is 5.73 Å². The fourth-order valence-corrected chi connectivity index (χ4v) is 2.61. The van der Waals surface area contributed by atoms with E-state index in [0.29, 0.717) is 12.2 Å². The quantitative estimate of drug-likeness (QED) is 0.280. The van der Waals surface area contributed by atoms with E-state index >= 15 is 0 Å². The molecule has 0 aliphatic heterocycles. The predicted octanol–water partition coefficient (Wildman–Crippen LogP) is 3.17. The maximum absolute atomic E-state index is 11.6. The second-order valence-electron chi connectivity index (χ2n) is 4.59. The Morgan fingerprint density at radius 1 is 1.05 bits per heavy atom. The van der Waals surface area contributed by atoms with E-state index < -0.39 is 0 Å². The van der Waals surface area contributed by atoms with Crippen LogP contribution in [0.5, 0.6) is 0 Å². The lowest BCUT2D eigenvalue weighted by atomic mass is 10.2. The van der Waals surface area contributed by atoms with Gasteiger partial charge in [-0.25, -0.2) is 4.79 Å². The molecule has 0 aromatic heterocycles. The minimum absolute atomic E-state index is 0.200. The normalized spacial score (nSPS) is 11.2. The van der Waals surface area contributed by atoms with Crippen molar-refractivity contribution in [2.45, 2.75) is 12.2 Å². The van der Waals surface area contributed by atoms with E-state index in [-0.39, 0.29) is 11.8 Å². The summed E-state index contributed by atoms with van der Waals surface area (Å²) < 4.78 is 0. The summed E-state index contributed by atoms with van der Waals surface area (Å²) in [5.41, 5.74) is 7.71. The molecule has 4 nitrogen and oxygen atoms in total. The molecule has 22 heavy (non-hydrogen) atoms. The molecule has 0 amide bonds. The number of benzene rings is 2. The summed E-state index contributed by atoms with van der Waals surface area (Å²) in [6.07, 6.45) is 0.309. The minimum atomic E-state index is -0.376. The lowest BCUT2D eigenvalue weighted by Crippen LogP contribution is -2.15. The summed E-state index contributed by atoms with van der Waals surface area (Å²) in [6, 6.07) is 19.3. The van der Waals surface area contributed by atoms with E-state index in [0.717, 1.165) is 11.3 Å². The number of amidine groups is 1. The van der Waals surface area contributed by atoms with Gasteiger partial charge in [-0.05, 0) is 5.56 Å². The second kappa shape index (κ2) is 8.89. The number of oxime groups is 1. The number of rotatable bonds is 7. The first kappa shape index (κ1) is 16.1. The van der Waals surface area contributed by atoms with Crippen LogP contribution in [0.1, 0.15) is 17.5 Å². The topological polar surface area (TPSA) is 64.7 Å². The number of hydrogen-bond acceptors (Lipinski definition) is 4. The largest absolute Gasteiger partial charge is 0.380 e. The Labute approximate surface area is 134 Å². The molecule has 0 aliphatic carbocycles. The third kappa shape index (κ3) is 5.61. The van der Waals surface area contributed by atoms with E-state index in [9.17, 15) is 4.79 Å². The molecule has 0 bridgehead atoms. The van der Waals surface area contributed by atoms with Crippen molar-refractivity contribution in [3.05, 3.63) is 71.8 Å². The molecule has 0 fully saturated rings. The van der Waals surface area contributed by atoms with Gasteiger partial charge in [-0.3, -0.25) is 0 Å². The zero-order valence-electron chi connectivity index (χ0n) is 12.1. The standard InChI is InChI=1S/C17H18N2O2S/c18-17(15-9-5-2-6-10-15)19-21-16(20)11-12-22-13-14-7-3-1-4-8-14/h1-10H,11-13H2,(H2,18,19). The van der Waals surface area contributed by atoms with Crippen LogP contribution in [0.2, 0.25) is 0 Å². The van der Waals surface area contributed by atoms with Gasteiger partial charge in [0.2, 0.25) is 0 Å². The lowest BCUT2D eigenvalue weighted by molar-refractivity contribution is -0.143. The predicted molar refractivity (Wildman–Crippen MR) is 90.5 cm³/mol. The number of nitrogens with two attached hydrogens (primary N) is 1. The summed E-state index contributed by atoms with van der Waals surface area (Å²) in [5.74, 6) is 1.39. The van der Waals surface area contributed by atoms with Crippen molar-refractivity contribution in [2.24, 2.45) is 10.9 Å². The van der Waals surface area contributed by atoms with Crippen LogP contribution in [0.15, 0.2) is 65.8 Å². The monoisotopic (exact) mass is 314 g/mol. The number of carbonyl (C=O) groups excluding carboxylic acids is 1. The lowest BCUT2D eigenvalue weighted by Gasteiger charge is -2.02. The van der Waals surface area contributed by atoms with Crippen LogP contribution >= 0.6 is 11.8 Å². The van der Waals surface area contributed by atoms with E-state index in [1.165, 1.54) is 5.56 Å². The molecular formula is C17H18N2O2S. The molecule has 0 saturated carbocycles. The highest BCUT2D eigenvalue weighted by Gasteiger charge is 2.04. The Morgan fingerprint density at radius 3 is 2.36 bits per heavy atom. The van der Waals surface area contributed by atoms with Crippen LogP contribution in [0.4, 0.5) is 0 Å². The van der Waals surface area contributed by atoms with Crippen LogP contribution in [0.25, 0.3) is 0 Å². The van der Waals surface area contributed by atoms with Gasteiger partial charge in [0.1, 0.15) is 0 Å². The van der Waals surface area contributed by atoms with Crippen LogP contribution in [-0.2, 0) is 15.4 Å². The Kier molecular flexibility index (Phi) is 6.51. The third-order valence-electron chi connectivity index (χ3n) is 2.88. The molecule has 0 radical (unpaired) electrons. The molecule has 0 spiro atoms. The Morgan fingerprint density at radius 2 is 1.68 bits per heavy atom. The first-order valence-electron chi connectivity index (χ1n) is 6.96. The second-order valence-corrected chi connectivity index (χ2v) is 5.70. The fraction of sp³-hybridized carbons (Fsp3) is 0.176. The van der Waals surface area contributed by atoms with Crippen molar-refractivity contribution in [1.29, 1.82) is 0 Å². The summed E-state index contributed by atoms with van der Waals surface area (Å²) in [6.45, 7) is 0. The SMILES string of the molecule is N/C(=N/OC(=O)CCSCc1ccccc1)c1ccccc1. The van der Waals surface area contributed by atoms with Gasteiger partial charge in [-0.15, -0.1) is 0 Å². The van der Waals surface area contributed by atoms with E-state index in [4.69, 9.17) is 10.6 Å². The summed E-state index contributed by atoms with van der Waals surface area (Å²) in [4.78, 5) is 16.4. The van der Waals surface area contributed by atoms with Crippen LogP contribution in [0.3, 0.4) is 0 Å². The highest BCUT2D eigenvalue weighted by molar-refractivity contribution is 7.98. The van der Waals surface area contributed by atoms with Gasteiger partial charge in [0.25, 0.3) is 0 Å². The fourth-order valence-electron chi connectivity index (χ4n) is 1.73. The first-order chi connectivity index (χ1) is 10.8. The van der Waals surface area contributed by atoms with Crippen LogP contribution in [-0.4, -0.2) is 17.6 Å². The Hall–Kier alpha value is -2.27. The van der Waals surface area contributed by atoms with E-state index in [1.54, 1.807) is 11.8 Å². The van der Waals surface area contributed by atoms with Gasteiger partial charge in [0.05, 0.1) is 6.42 Å². The van der Waals surface area contributed by atoms with E-state index in [2.05, 4.69) is 17.3 Å². The molecule has 5 heteroatoms. The van der Waals surface area contributed by atoms with Gasteiger partial charge >= 0.3 is 5.97 Å². The molecule has 0 atom stereocenters. The first-order valence-corrected chi connectivity index (χ1v) is 8.11. The van der Waals surface area contributed by atoms with Crippen molar-refractivity contribution >= 4 is 23.6 Å². The van der Waals surface area contributed by atoms with Crippen molar-refractivity contribution in [1.82, 2.24) is 0 Å². The van der Waals surface area contributed by atoms with Gasteiger partial charge in [0, 0.05) is 17.1 Å². The number of nitrogens with zero attached hydrogens (tertiary/aromatic N) is 1. The zero-order chi connectivity index (χ0) is 15.6. The highest BCUT2D eigenvalue weighted by Crippen LogP contribution is 2.12. The number of carbonyl (C=O) groups is 1. The minimum Gasteiger partial charge on any atom is -0.380 e. The van der Waals surface area contributed by atoms with Crippen LogP contribution in [0, 0.1) is 0 Å². The van der Waals surface area contributed by atoms with Crippen molar-refractivity contribution in [3.63, 3.8) is 0 Å². The molecular weight excluding hydrogens is 296 g/mol. The maximum Gasteiger partial charge on any atom is 0.335 e. The summed E-state index contributed by atoms with van der Waals surface area (Å²) in [7, 11) is 0. The Balaban J connectivity index is 1.68. The average molecular weight is 314 g/mol. The van der Waals surface area contributed by atoms with Crippen molar-refractivity contribution < 1.29 is 9.63 Å². The third-order valence-corrected chi connectivity index (χ3v) is 3.91. The van der Waals surface area contributed by atoms with Gasteiger partial charge < -0.3 is 10.6 Å². The highest BCUT2D eigenvalue weighted by atomic mass is 32.2. The molecule has 0 heterocycles. The smallest absolute Gasteiger partial charge is 0.335 e. The molecule has 114 valence electrons. The zero-order valence-corrected chi connectivity index (χ0v) is 13.0. The van der Waals surface area contributed by atoms with Gasteiger partial charge in [0.15, 0.2) is 5.84 Å². The van der Waals surface area contributed by atoms with Gasteiger partial charge in [-0.2, -0.15) is 11.8 Å². The molecule has 2 aromatic rings.